The lowest BCUT2D eigenvalue weighted by atomic mass is 9.87. The second-order valence-corrected chi connectivity index (χ2v) is 10.4. The van der Waals surface area contributed by atoms with Crippen molar-refractivity contribution in [2.45, 2.75) is 44.9 Å². The van der Waals surface area contributed by atoms with Gasteiger partial charge in [0.25, 0.3) is 15.9 Å². The normalized spacial score (nSPS) is 11.8. The standard InChI is InChI=1S/C25H28N2O3S/c1-17-6-15-23(18(2)16-17)27-31(29,30)22-13-11-21(12-14-22)26-24(28)19-7-9-20(10-8-19)25(3,4)5/h6-16,27H,1-5H3,(H,26,28). The highest BCUT2D eigenvalue weighted by Gasteiger charge is 2.17. The summed E-state index contributed by atoms with van der Waals surface area (Å²) < 4.78 is 28.0. The molecule has 0 atom stereocenters. The summed E-state index contributed by atoms with van der Waals surface area (Å²) in [5.41, 5.74) is 4.69. The fraction of sp³-hybridized carbons (Fsp3) is 0.240. The van der Waals surface area contributed by atoms with E-state index in [9.17, 15) is 13.2 Å². The van der Waals surface area contributed by atoms with Crippen molar-refractivity contribution in [3.8, 4) is 0 Å². The summed E-state index contributed by atoms with van der Waals surface area (Å²) in [5.74, 6) is -0.246. The lowest BCUT2D eigenvalue weighted by Gasteiger charge is -2.19. The number of rotatable bonds is 5. The van der Waals surface area contributed by atoms with Crippen molar-refractivity contribution in [1.82, 2.24) is 0 Å². The van der Waals surface area contributed by atoms with Gasteiger partial charge in [0.1, 0.15) is 0 Å². The van der Waals surface area contributed by atoms with Gasteiger partial charge < -0.3 is 5.32 Å². The van der Waals surface area contributed by atoms with Crippen LogP contribution in [0.2, 0.25) is 0 Å². The van der Waals surface area contributed by atoms with Crippen LogP contribution >= 0.6 is 0 Å². The van der Waals surface area contributed by atoms with Gasteiger partial charge in [-0.3, -0.25) is 9.52 Å². The molecule has 0 saturated carbocycles. The Hall–Kier alpha value is -3.12. The highest BCUT2D eigenvalue weighted by Crippen LogP contribution is 2.24. The molecule has 31 heavy (non-hydrogen) atoms. The number of hydrogen-bond acceptors (Lipinski definition) is 3. The number of sulfonamides is 1. The van der Waals surface area contributed by atoms with Crippen molar-refractivity contribution in [1.29, 1.82) is 0 Å². The predicted octanol–water partition coefficient (Wildman–Crippen LogP) is 5.65. The van der Waals surface area contributed by atoms with Crippen LogP contribution in [0.3, 0.4) is 0 Å². The lowest BCUT2D eigenvalue weighted by molar-refractivity contribution is 0.102. The summed E-state index contributed by atoms with van der Waals surface area (Å²) in [5, 5.41) is 2.81. The molecule has 0 saturated heterocycles. The number of benzene rings is 3. The second kappa shape index (κ2) is 8.55. The minimum Gasteiger partial charge on any atom is -0.322 e. The smallest absolute Gasteiger partial charge is 0.261 e. The second-order valence-electron chi connectivity index (χ2n) is 8.73. The summed E-state index contributed by atoms with van der Waals surface area (Å²) in [6.07, 6.45) is 0. The van der Waals surface area contributed by atoms with E-state index >= 15 is 0 Å². The average Bonchev–Trinajstić information content (AvgIpc) is 2.70. The van der Waals surface area contributed by atoms with E-state index in [1.165, 1.54) is 12.1 Å². The Morgan fingerprint density at radius 3 is 2.00 bits per heavy atom. The van der Waals surface area contributed by atoms with Crippen molar-refractivity contribution < 1.29 is 13.2 Å². The molecule has 0 aromatic heterocycles. The Morgan fingerprint density at radius 2 is 1.45 bits per heavy atom. The predicted molar refractivity (Wildman–Crippen MR) is 126 cm³/mol. The van der Waals surface area contributed by atoms with E-state index in [-0.39, 0.29) is 16.2 Å². The van der Waals surface area contributed by atoms with Gasteiger partial charge in [-0.2, -0.15) is 0 Å². The molecule has 3 aromatic rings. The summed E-state index contributed by atoms with van der Waals surface area (Å²) in [6.45, 7) is 10.2. The van der Waals surface area contributed by atoms with Crippen molar-refractivity contribution in [3.05, 3.63) is 89.0 Å². The Kier molecular flexibility index (Phi) is 6.23. The van der Waals surface area contributed by atoms with Crippen molar-refractivity contribution >= 4 is 27.3 Å². The van der Waals surface area contributed by atoms with E-state index in [1.807, 2.05) is 38.1 Å². The maximum absolute atomic E-state index is 12.7. The Morgan fingerprint density at radius 1 is 0.839 bits per heavy atom. The maximum atomic E-state index is 12.7. The number of aryl methyl sites for hydroxylation is 2. The fourth-order valence-electron chi connectivity index (χ4n) is 3.17. The molecule has 162 valence electrons. The first-order valence-corrected chi connectivity index (χ1v) is 11.6. The molecular weight excluding hydrogens is 408 g/mol. The topological polar surface area (TPSA) is 75.3 Å². The first kappa shape index (κ1) is 22.6. The van der Waals surface area contributed by atoms with Gasteiger partial charge >= 0.3 is 0 Å². The molecule has 0 unspecified atom stereocenters. The number of hydrogen-bond donors (Lipinski definition) is 2. The number of amides is 1. The average molecular weight is 437 g/mol. The van der Waals surface area contributed by atoms with Gasteiger partial charge in [-0.05, 0) is 72.9 Å². The van der Waals surface area contributed by atoms with Gasteiger partial charge in [0.15, 0.2) is 0 Å². The monoisotopic (exact) mass is 436 g/mol. The highest BCUT2D eigenvalue weighted by molar-refractivity contribution is 7.92. The van der Waals surface area contributed by atoms with Crippen LogP contribution in [-0.4, -0.2) is 14.3 Å². The Bertz CT molecular complexity index is 1190. The molecule has 3 aromatic carbocycles. The molecule has 0 aliphatic rings. The molecule has 0 fully saturated rings. The van der Waals surface area contributed by atoms with E-state index in [0.717, 1.165) is 16.7 Å². The molecule has 6 heteroatoms. The van der Waals surface area contributed by atoms with Gasteiger partial charge in [-0.15, -0.1) is 0 Å². The quantitative estimate of drug-likeness (QED) is 0.542. The van der Waals surface area contributed by atoms with Gasteiger partial charge in [-0.25, -0.2) is 8.42 Å². The molecule has 1 amide bonds. The third-order valence-electron chi connectivity index (χ3n) is 5.06. The van der Waals surface area contributed by atoms with Gasteiger partial charge in [-0.1, -0.05) is 50.6 Å². The van der Waals surface area contributed by atoms with Gasteiger partial charge in [0.05, 0.1) is 10.6 Å². The zero-order chi connectivity index (χ0) is 22.8. The minimum atomic E-state index is -3.73. The number of carbonyl (C=O) groups is 1. The molecule has 0 aliphatic carbocycles. The van der Waals surface area contributed by atoms with Crippen LogP contribution in [0.15, 0.2) is 71.6 Å². The van der Waals surface area contributed by atoms with E-state index in [1.54, 1.807) is 30.3 Å². The Balaban J connectivity index is 1.71. The minimum absolute atomic E-state index is 0.0154. The van der Waals surface area contributed by atoms with Crippen LogP contribution in [0, 0.1) is 13.8 Å². The zero-order valence-corrected chi connectivity index (χ0v) is 19.3. The van der Waals surface area contributed by atoms with E-state index < -0.39 is 10.0 Å². The Labute approximate surface area is 184 Å². The van der Waals surface area contributed by atoms with Crippen LogP contribution in [0.1, 0.15) is 47.8 Å². The molecule has 0 spiro atoms. The largest absolute Gasteiger partial charge is 0.322 e. The summed E-state index contributed by atoms with van der Waals surface area (Å²) >= 11 is 0. The molecule has 0 heterocycles. The zero-order valence-electron chi connectivity index (χ0n) is 18.5. The van der Waals surface area contributed by atoms with E-state index in [4.69, 9.17) is 0 Å². The number of carbonyl (C=O) groups excluding carboxylic acids is 1. The number of anilines is 2. The molecule has 0 bridgehead atoms. The molecule has 0 radical (unpaired) electrons. The van der Waals surface area contributed by atoms with Crippen molar-refractivity contribution in [2.24, 2.45) is 0 Å². The maximum Gasteiger partial charge on any atom is 0.261 e. The van der Waals surface area contributed by atoms with Crippen LogP contribution in [-0.2, 0) is 15.4 Å². The van der Waals surface area contributed by atoms with Crippen LogP contribution in [0.25, 0.3) is 0 Å². The van der Waals surface area contributed by atoms with Crippen LogP contribution in [0.5, 0.6) is 0 Å². The van der Waals surface area contributed by atoms with E-state index in [2.05, 4.69) is 30.8 Å². The summed E-state index contributed by atoms with van der Waals surface area (Å²) in [4.78, 5) is 12.6. The molecule has 0 aliphatic heterocycles. The molecular formula is C25H28N2O3S. The SMILES string of the molecule is Cc1ccc(NS(=O)(=O)c2ccc(NC(=O)c3ccc(C(C)(C)C)cc3)cc2)c(C)c1. The highest BCUT2D eigenvalue weighted by atomic mass is 32.2. The first-order valence-electron chi connectivity index (χ1n) is 10.1. The lowest BCUT2D eigenvalue weighted by Crippen LogP contribution is -2.15. The van der Waals surface area contributed by atoms with Crippen molar-refractivity contribution in [3.63, 3.8) is 0 Å². The third kappa shape index (κ3) is 5.52. The summed E-state index contributed by atoms with van der Waals surface area (Å²) in [7, 11) is -3.73. The first-order chi connectivity index (χ1) is 14.5. The van der Waals surface area contributed by atoms with Gasteiger partial charge in [0, 0.05) is 11.3 Å². The molecule has 2 N–H and O–H groups in total. The van der Waals surface area contributed by atoms with E-state index in [0.29, 0.717) is 16.9 Å². The van der Waals surface area contributed by atoms with Crippen LogP contribution < -0.4 is 10.0 Å². The van der Waals surface area contributed by atoms with Crippen LogP contribution in [0.4, 0.5) is 11.4 Å². The fourth-order valence-corrected chi connectivity index (χ4v) is 4.30. The summed E-state index contributed by atoms with van der Waals surface area (Å²) in [6, 6.07) is 19.1. The van der Waals surface area contributed by atoms with Gasteiger partial charge in [0.2, 0.25) is 0 Å². The van der Waals surface area contributed by atoms with Crippen molar-refractivity contribution in [2.75, 3.05) is 10.0 Å². The number of nitrogens with one attached hydrogen (secondary N) is 2. The molecule has 5 nitrogen and oxygen atoms in total. The molecule has 3 rings (SSSR count). The third-order valence-corrected chi connectivity index (χ3v) is 6.44.